The Balaban J connectivity index is 1.39. The van der Waals surface area contributed by atoms with Gasteiger partial charge < -0.3 is 14.2 Å². The van der Waals surface area contributed by atoms with Crippen LogP contribution in [0.4, 0.5) is 10.5 Å². The number of benzene rings is 4. The molecule has 0 spiro atoms. The molecule has 1 aliphatic rings. The molecular weight excluding hydrogens is 544 g/mol. The van der Waals surface area contributed by atoms with Gasteiger partial charge in [0.2, 0.25) is 0 Å². The highest BCUT2D eigenvalue weighted by atomic mass is 16.5. The van der Waals surface area contributed by atoms with Gasteiger partial charge in [0.25, 0.3) is 11.8 Å². The minimum absolute atomic E-state index is 0.200. The summed E-state index contributed by atoms with van der Waals surface area (Å²) in [4.78, 5) is 40.0. The first-order chi connectivity index (χ1) is 21.0. The number of carbonyl (C=O) groups is 3. The smallest absolute Gasteiger partial charge is 0.335 e. The average Bonchev–Trinajstić information content (AvgIpc) is 3.03. The van der Waals surface area contributed by atoms with Gasteiger partial charge in [0, 0.05) is 5.56 Å². The molecule has 0 saturated carbocycles. The number of nitrogens with one attached hydrogen (secondary N) is 1. The number of rotatable bonds is 11. The van der Waals surface area contributed by atoms with Crippen LogP contribution in [0.15, 0.2) is 115 Å². The number of ether oxygens (including phenoxy) is 3. The van der Waals surface area contributed by atoms with Gasteiger partial charge in [0.1, 0.15) is 24.5 Å². The average molecular weight is 575 g/mol. The predicted molar refractivity (Wildman–Crippen MR) is 164 cm³/mol. The molecule has 43 heavy (non-hydrogen) atoms. The number of anilines is 1. The molecule has 8 nitrogen and oxygen atoms in total. The van der Waals surface area contributed by atoms with Gasteiger partial charge in [-0.05, 0) is 65.6 Å². The molecule has 0 unspecified atom stereocenters. The molecule has 1 saturated heterocycles. The molecule has 8 heteroatoms. The number of allylic oxidation sites excluding steroid dienone is 1. The van der Waals surface area contributed by atoms with E-state index in [0.717, 1.165) is 21.6 Å². The first-order valence-corrected chi connectivity index (χ1v) is 13.6. The van der Waals surface area contributed by atoms with E-state index in [1.165, 1.54) is 13.2 Å². The van der Waals surface area contributed by atoms with E-state index in [1.54, 1.807) is 42.5 Å². The Kier molecular flexibility index (Phi) is 8.97. The zero-order valence-electron chi connectivity index (χ0n) is 23.6. The topological polar surface area (TPSA) is 94.2 Å². The Bertz CT molecular complexity index is 1660. The molecule has 0 radical (unpaired) electrons. The highest BCUT2D eigenvalue weighted by Gasteiger charge is 2.37. The summed E-state index contributed by atoms with van der Waals surface area (Å²) in [6.07, 6.45) is 3.62. The van der Waals surface area contributed by atoms with Crippen molar-refractivity contribution in [2.75, 3.05) is 12.0 Å². The molecule has 0 bridgehead atoms. The van der Waals surface area contributed by atoms with Crippen LogP contribution in [-0.4, -0.2) is 25.0 Å². The zero-order chi connectivity index (χ0) is 30.2. The number of carbonyl (C=O) groups excluding carboxylic acids is 3. The Morgan fingerprint density at radius 1 is 0.814 bits per heavy atom. The normalized spacial score (nSPS) is 13.9. The van der Waals surface area contributed by atoms with Crippen molar-refractivity contribution in [2.24, 2.45) is 0 Å². The van der Waals surface area contributed by atoms with Crippen molar-refractivity contribution < 1.29 is 28.6 Å². The van der Waals surface area contributed by atoms with Crippen LogP contribution in [-0.2, 0) is 29.2 Å². The third kappa shape index (κ3) is 6.82. The molecule has 216 valence electrons. The maximum atomic E-state index is 13.5. The lowest BCUT2D eigenvalue weighted by molar-refractivity contribution is -0.122. The van der Waals surface area contributed by atoms with Crippen molar-refractivity contribution >= 4 is 29.6 Å². The predicted octanol–water partition coefficient (Wildman–Crippen LogP) is 6.25. The van der Waals surface area contributed by atoms with E-state index < -0.39 is 17.8 Å². The highest BCUT2D eigenvalue weighted by Crippen LogP contribution is 2.35. The van der Waals surface area contributed by atoms with Gasteiger partial charge in [0.05, 0.1) is 12.8 Å². The fourth-order valence-electron chi connectivity index (χ4n) is 4.61. The molecule has 1 aliphatic heterocycles. The second-order valence-electron chi connectivity index (χ2n) is 9.70. The van der Waals surface area contributed by atoms with Crippen molar-refractivity contribution in [3.8, 4) is 17.2 Å². The first-order valence-electron chi connectivity index (χ1n) is 13.6. The molecule has 4 aromatic carbocycles. The van der Waals surface area contributed by atoms with E-state index >= 15 is 0 Å². The second-order valence-corrected chi connectivity index (χ2v) is 9.70. The van der Waals surface area contributed by atoms with E-state index in [9.17, 15) is 14.4 Å². The number of hydrogen-bond acceptors (Lipinski definition) is 6. The van der Waals surface area contributed by atoms with E-state index in [2.05, 4.69) is 11.9 Å². The van der Waals surface area contributed by atoms with E-state index in [0.29, 0.717) is 48.1 Å². The summed E-state index contributed by atoms with van der Waals surface area (Å²) in [5.74, 6) is 0.00723. The number of amides is 4. The third-order valence-corrected chi connectivity index (χ3v) is 6.72. The molecule has 0 aliphatic carbocycles. The van der Waals surface area contributed by atoms with Crippen LogP contribution in [0.2, 0.25) is 0 Å². The summed E-state index contributed by atoms with van der Waals surface area (Å²) < 4.78 is 17.6. The summed E-state index contributed by atoms with van der Waals surface area (Å²) in [5, 5.41) is 2.26. The Morgan fingerprint density at radius 3 is 2.05 bits per heavy atom. The van der Waals surface area contributed by atoms with Gasteiger partial charge in [-0.2, -0.15) is 0 Å². The van der Waals surface area contributed by atoms with Crippen LogP contribution in [0.25, 0.3) is 6.08 Å². The monoisotopic (exact) mass is 574 g/mol. The molecule has 4 aromatic rings. The fourth-order valence-corrected chi connectivity index (χ4v) is 4.61. The van der Waals surface area contributed by atoms with Crippen molar-refractivity contribution in [1.82, 2.24) is 5.32 Å². The number of methoxy groups -OCH3 is 1. The minimum atomic E-state index is -0.834. The molecular formula is C35H30N2O6. The van der Waals surface area contributed by atoms with Crippen molar-refractivity contribution in [1.29, 1.82) is 0 Å². The molecule has 1 heterocycles. The van der Waals surface area contributed by atoms with Gasteiger partial charge in [-0.1, -0.05) is 66.7 Å². The fraction of sp³-hybridized carbons (Fsp3) is 0.114. The Morgan fingerprint density at radius 2 is 1.44 bits per heavy atom. The zero-order valence-corrected chi connectivity index (χ0v) is 23.6. The largest absolute Gasteiger partial charge is 0.493 e. The molecule has 5 rings (SSSR count). The molecule has 0 aromatic heterocycles. The van der Waals surface area contributed by atoms with Gasteiger partial charge >= 0.3 is 6.03 Å². The van der Waals surface area contributed by atoms with Crippen LogP contribution < -0.4 is 24.4 Å². The first kappa shape index (κ1) is 28.9. The summed E-state index contributed by atoms with van der Waals surface area (Å²) >= 11 is 0. The van der Waals surface area contributed by atoms with Crippen LogP contribution >= 0.6 is 0 Å². The van der Waals surface area contributed by atoms with Crippen molar-refractivity contribution in [3.63, 3.8) is 0 Å². The van der Waals surface area contributed by atoms with Crippen LogP contribution in [0.1, 0.15) is 22.3 Å². The van der Waals surface area contributed by atoms with E-state index in [1.807, 2.05) is 60.7 Å². The van der Waals surface area contributed by atoms with Crippen LogP contribution in [0, 0.1) is 0 Å². The number of barbiturate groups is 1. The van der Waals surface area contributed by atoms with E-state index in [-0.39, 0.29) is 5.57 Å². The third-order valence-electron chi connectivity index (χ3n) is 6.72. The van der Waals surface area contributed by atoms with Crippen LogP contribution in [0.3, 0.4) is 0 Å². The molecule has 4 amide bonds. The molecule has 1 N–H and O–H groups in total. The van der Waals surface area contributed by atoms with Crippen molar-refractivity contribution in [2.45, 2.75) is 19.6 Å². The minimum Gasteiger partial charge on any atom is -0.493 e. The van der Waals surface area contributed by atoms with Gasteiger partial charge in [-0.25, -0.2) is 9.69 Å². The molecule has 1 fully saturated rings. The standard InChI is InChI=1S/C35H30N2O6/c1-3-10-27-19-26(21-31(41-2)32(27)43-23-25-13-8-5-9-14-25)20-30-33(38)36-35(40)37(34(30)39)28-15-17-29(18-16-28)42-22-24-11-6-4-7-12-24/h3-9,11-21H,1,10,22-23H2,2H3,(H,36,38,40)/b30-20+. The van der Waals surface area contributed by atoms with Crippen LogP contribution in [0.5, 0.6) is 17.2 Å². The second kappa shape index (κ2) is 13.4. The Hall–Kier alpha value is -5.63. The van der Waals surface area contributed by atoms with Gasteiger partial charge in [-0.3, -0.25) is 14.9 Å². The highest BCUT2D eigenvalue weighted by molar-refractivity contribution is 6.39. The van der Waals surface area contributed by atoms with Crippen molar-refractivity contribution in [3.05, 3.63) is 138 Å². The summed E-state index contributed by atoms with van der Waals surface area (Å²) in [6, 6.07) is 28.6. The quantitative estimate of drug-likeness (QED) is 0.129. The number of hydrogen-bond donors (Lipinski definition) is 1. The lowest BCUT2D eigenvalue weighted by atomic mass is 10.0. The maximum absolute atomic E-state index is 13.5. The summed E-state index contributed by atoms with van der Waals surface area (Å²) in [5.41, 5.74) is 3.38. The summed E-state index contributed by atoms with van der Waals surface area (Å²) in [6.45, 7) is 4.54. The number of nitrogens with zero attached hydrogens (tertiary/aromatic N) is 1. The number of imide groups is 2. The number of urea groups is 1. The lowest BCUT2D eigenvalue weighted by Crippen LogP contribution is -2.54. The van der Waals surface area contributed by atoms with Gasteiger partial charge in [0.15, 0.2) is 11.5 Å². The summed E-state index contributed by atoms with van der Waals surface area (Å²) in [7, 11) is 1.52. The maximum Gasteiger partial charge on any atom is 0.335 e. The Labute approximate surface area is 249 Å². The SMILES string of the molecule is C=CCc1cc(/C=C2\C(=O)NC(=O)N(c3ccc(OCc4ccccc4)cc3)C2=O)cc(OC)c1OCc1ccccc1. The lowest BCUT2D eigenvalue weighted by Gasteiger charge is -2.26. The van der Waals surface area contributed by atoms with Gasteiger partial charge in [-0.15, -0.1) is 6.58 Å². The molecule has 0 atom stereocenters. The van der Waals surface area contributed by atoms with E-state index in [4.69, 9.17) is 14.2 Å².